The fourth-order valence-electron chi connectivity index (χ4n) is 4.34. The predicted molar refractivity (Wildman–Crippen MR) is 171 cm³/mol. The van der Waals surface area contributed by atoms with E-state index in [0.717, 1.165) is 4.31 Å². The van der Waals surface area contributed by atoms with Crippen molar-refractivity contribution in [2.45, 2.75) is 50.7 Å². The molecule has 0 aliphatic heterocycles. The van der Waals surface area contributed by atoms with E-state index in [4.69, 9.17) is 37.4 Å². The van der Waals surface area contributed by atoms with Gasteiger partial charge in [-0.05, 0) is 69.7 Å². The number of rotatable bonds is 12. The second-order valence-corrected chi connectivity index (χ2v) is 13.6. The fraction of sp³-hybridized carbons (Fsp3) is 0.355. The largest absolute Gasteiger partial charge is 0.495 e. The topological polar surface area (TPSA) is 114 Å². The number of nitrogens with zero attached hydrogens (tertiary/aromatic N) is 2. The van der Waals surface area contributed by atoms with Crippen LogP contribution in [0.25, 0.3) is 0 Å². The summed E-state index contributed by atoms with van der Waals surface area (Å²) in [6, 6.07) is 14.4. The van der Waals surface area contributed by atoms with Gasteiger partial charge in [-0.25, -0.2) is 8.42 Å². The molecule has 1 N–H and O–H groups in total. The molecule has 0 bridgehead atoms. The second kappa shape index (κ2) is 14.4. The standard InChI is InChI=1S/C31H37Cl2N3O7S/c1-20(30(38)34-31(2,3)4)35(18-21-10-8-9-11-24(21)33)29(37)19-36(25-16-22(32)12-14-26(25)41-5)44(39,40)23-13-15-27(42-6)28(17-23)43-7/h8-17,20H,18-19H2,1-7H3,(H,34,38)/t20-/m0/s1. The molecule has 3 rings (SSSR count). The predicted octanol–water partition coefficient (Wildman–Crippen LogP) is 5.55. The van der Waals surface area contributed by atoms with E-state index in [9.17, 15) is 18.0 Å². The van der Waals surface area contributed by atoms with Gasteiger partial charge in [-0.2, -0.15) is 0 Å². The van der Waals surface area contributed by atoms with E-state index >= 15 is 0 Å². The summed E-state index contributed by atoms with van der Waals surface area (Å²) in [5.74, 6) is -0.452. The van der Waals surface area contributed by atoms with Crippen LogP contribution in [0.3, 0.4) is 0 Å². The maximum atomic E-state index is 14.3. The number of amides is 2. The number of carbonyl (C=O) groups excluding carboxylic acids is 2. The molecule has 0 fully saturated rings. The van der Waals surface area contributed by atoms with Crippen molar-refractivity contribution in [3.05, 3.63) is 76.3 Å². The van der Waals surface area contributed by atoms with Crippen molar-refractivity contribution >= 4 is 50.7 Å². The van der Waals surface area contributed by atoms with Crippen molar-refractivity contribution in [1.82, 2.24) is 10.2 Å². The first-order chi connectivity index (χ1) is 20.6. The molecule has 0 aliphatic rings. The first-order valence-electron chi connectivity index (χ1n) is 13.6. The number of hydrogen-bond donors (Lipinski definition) is 1. The lowest BCUT2D eigenvalue weighted by Crippen LogP contribution is -2.54. The Morgan fingerprint density at radius 1 is 0.886 bits per heavy atom. The van der Waals surface area contributed by atoms with Crippen LogP contribution in [0.1, 0.15) is 33.3 Å². The highest BCUT2D eigenvalue weighted by Gasteiger charge is 2.35. The van der Waals surface area contributed by atoms with E-state index in [1.54, 1.807) is 31.2 Å². The van der Waals surface area contributed by atoms with Gasteiger partial charge >= 0.3 is 0 Å². The van der Waals surface area contributed by atoms with E-state index < -0.39 is 40.0 Å². The van der Waals surface area contributed by atoms with Crippen molar-refractivity contribution in [3.63, 3.8) is 0 Å². The van der Waals surface area contributed by atoms with Crippen molar-refractivity contribution in [3.8, 4) is 17.2 Å². The highest BCUT2D eigenvalue weighted by molar-refractivity contribution is 7.92. The third kappa shape index (κ3) is 8.28. The smallest absolute Gasteiger partial charge is 0.265 e. The molecule has 44 heavy (non-hydrogen) atoms. The summed E-state index contributed by atoms with van der Waals surface area (Å²) < 4.78 is 45.6. The third-order valence-corrected chi connectivity index (χ3v) is 8.96. The minimum absolute atomic E-state index is 0.0209. The van der Waals surface area contributed by atoms with Crippen LogP contribution in [0.2, 0.25) is 10.0 Å². The number of ether oxygens (including phenoxy) is 3. The molecule has 13 heteroatoms. The van der Waals surface area contributed by atoms with Crippen LogP contribution in [-0.4, -0.2) is 64.6 Å². The molecule has 0 unspecified atom stereocenters. The minimum Gasteiger partial charge on any atom is -0.495 e. The van der Waals surface area contributed by atoms with Gasteiger partial charge in [0.1, 0.15) is 18.3 Å². The summed E-state index contributed by atoms with van der Waals surface area (Å²) in [5.41, 5.74) is 0.0155. The molecule has 3 aromatic rings. The first-order valence-corrected chi connectivity index (χ1v) is 15.8. The van der Waals surface area contributed by atoms with Gasteiger partial charge in [0.2, 0.25) is 11.8 Å². The molecule has 0 saturated carbocycles. The average Bonchev–Trinajstić information content (AvgIpc) is 2.97. The zero-order valence-corrected chi connectivity index (χ0v) is 28.0. The van der Waals surface area contributed by atoms with Gasteiger partial charge in [-0.3, -0.25) is 13.9 Å². The maximum Gasteiger partial charge on any atom is 0.265 e. The normalized spacial score (nSPS) is 12.2. The number of nitrogens with one attached hydrogen (secondary N) is 1. The monoisotopic (exact) mass is 665 g/mol. The highest BCUT2D eigenvalue weighted by atomic mass is 35.5. The van der Waals surface area contributed by atoms with Gasteiger partial charge in [-0.15, -0.1) is 0 Å². The van der Waals surface area contributed by atoms with E-state index in [1.165, 1.54) is 62.6 Å². The Kier molecular flexibility index (Phi) is 11.4. The van der Waals surface area contributed by atoms with Crippen molar-refractivity contribution < 1.29 is 32.2 Å². The van der Waals surface area contributed by atoms with Gasteiger partial charge in [0, 0.05) is 28.2 Å². The molecule has 0 aliphatic carbocycles. The van der Waals surface area contributed by atoms with Crippen LogP contribution in [-0.2, 0) is 26.2 Å². The molecule has 2 amide bonds. The van der Waals surface area contributed by atoms with E-state index in [-0.39, 0.29) is 33.6 Å². The summed E-state index contributed by atoms with van der Waals surface area (Å²) in [7, 11) is -0.277. The summed E-state index contributed by atoms with van der Waals surface area (Å²) in [6.45, 7) is 6.27. The van der Waals surface area contributed by atoms with Crippen LogP contribution >= 0.6 is 23.2 Å². The maximum absolute atomic E-state index is 14.3. The molecule has 3 aromatic carbocycles. The van der Waals surface area contributed by atoms with Crippen LogP contribution in [0.5, 0.6) is 17.2 Å². The van der Waals surface area contributed by atoms with E-state index in [0.29, 0.717) is 16.3 Å². The lowest BCUT2D eigenvalue weighted by atomic mass is 10.1. The quantitative estimate of drug-likeness (QED) is 0.270. The van der Waals surface area contributed by atoms with Crippen LogP contribution in [0.4, 0.5) is 5.69 Å². The molecule has 10 nitrogen and oxygen atoms in total. The van der Waals surface area contributed by atoms with Crippen molar-refractivity contribution in [2.24, 2.45) is 0 Å². The Bertz CT molecular complexity index is 1610. The molecule has 1 atom stereocenters. The lowest BCUT2D eigenvalue weighted by molar-refractivity contribution is -0.140. The summed E-state index contributed by atoms with van der Waals surface area (Å²) in [6.07, 6.45) is 0. The molecular formula is C31H37Cl2N3O7S. The Hall–Kier alpha value is -3.67. The zero-order chi connectivity index (χ0) is 32.8. The first kappa shape index (κ1) is 34.8. The minimum atomic E-state index is -4.46. The Morgan fingerprint density at radius 2 is 1.50 bits per heavy atom. The Morgan fingerprint density at radius 3 is 2.09 bits per heavy atom. The van der Waals surface area contributed by atoms with Crippen molar-refractivity contribution in [2.75, 3.05) is 32.2 Å². The number of sulfonamides is 1. The molecular weight excluding hydrogens is 629 g/mol. The van der Waals surface area contributed by atoms with Gasteiger partial charge in [0.15, 0.2) is 11.5 Å². The summed E-state index contributed by atoms with van der Waals surface area (Å²) in [4.78, 5) is 28.6. The summed E-state index contributed by atoms with van der Waals surface area (Å²) >= 11 is 12.7. The van der Waals surface area contributed by atoms with Gasteiger partial charge < -0.3 is 24.4 Å². The Balaban J connectivity index is 2.17. The fourth-order valence-corrected chi connectivity index (χ4v) is 6.14. The van der Waals surface area contributed by atoms with Crippen LogP contribution in [0, 0.1) is 0 Å². The number of benzene rings is 3. The lowest BCUT2D eigenvalue weighted by Gasteiger charge is -2.34. The summed E-state index contributed by atoms with van der Waals surface area (Å²) in [5, 5.41) is 3.49. The van der Waals surface area contributed by atoms with Crippen LogP contribution in [0.15, 0.2) is 65.6 Å². The highest BCUT2D eigenvalue weighted by Crippen LogP contribution is 2.37. The van der Waals surface area contributed by atoms with Crippen molar-refractivity contribution in [1.29, 1.82) is 0 Å². The number of carbonyl (C=O) groups is 2. The zero-order valence-electron chi connectivity index (χ0n) is 25.7. The molecule has 238 valence electrons. The molecule has 0 saturated heterocycles. The van der Waals surface area contributed by atoms with Crippen LogP contribution < -0.4 is 23.8 Å². The van der Waals surface area contributed by atoms with Gasteiger partial charge in [-0.1, -0.05) is 41.4 Å². The van der Waals surface area contributed by atoms with Gasteiger partial charge in [0.25, 0.3) is 10.0 Å². The number of hydrogen-bond acceptors (Lipinski definition) is 7. The SMILES string of the molecule is COc1ccc(S(=O)(=O)N(CC(=O)N(Cc2ccccc2Cl)[C@@H](C)C(=O)NC(C)(C)C)c2cc(Cl)ccc2OC)cc1OC. The molecule has 0 heterocycles. The van der Waals surface area contributed by atoms with E-state index in [1.807, 2.05) is 20.8 Å². The Labute approximate surface area is 268 Å². The average molecular weight is 667 g/mol. The number of halogens is 2. The molecule has 0 radical (unpaired) electrons. The van der Waals surface area contributed by atoms with E-state index in [2.05, 4.69) is 5.32 Å². The number of anilines is 1. The molecule has 0 spiro atoms. The molecule has 0 aromatic heterocycles. The third-order valence-electron chi connectivity index (χ3n) is 6.60. The second-order valence-electron chi connectivity index (χ2n) is 10.9. The number of methoxy groups -OCH3 is 3. The van der Waals surface area contributed by atoms with Gasteiger partial charge in [0.05, 0.1) is 31.9 Å².